The van der Waals surface area contributed by atoms with E-state index in [-0.39, 0.29) is 5.75 Å². The van der Waals surface area contributed by atoms with Gasteiger partial charge < -0.3 is 9.84 Å². The fourth-order valence-electron chi connectivity index (χ4n) is 2.78. The van der Waals surface area contributed by atoms with E-state index in [0.717, 1.165) is 22.4 Å². The number of benzene rings is 3. The Bertz CT molecular complexity index is 904. The molecule has 2 nitrogen and oxygen atoms in total. The van der Waals surface area contributed by atoms with E-state index in [2.05, 4.69) is 24.3 Å². The van der Waals surface area contributed by atoms with E-state index < -0.39 is 0 Å². The van der Waals surface area contributed by atoms with Gasteiger partial charge in [-0.05, 0) is 67.3 Å². The van der Waals surface area contributed by atoms with Gasteiger partial charge in [-0.2, -0.15) is 0 Å². The molecule has 0 aliphatic rings. The summed E-state index contributed by atoms with van der Waals surface area (Å²) in [5.41, 5.74) is 5.10. The molecule has 3 aromatic carbocycles. The quantitative estimate of drug-likeness (QED) is 0.577. The van der Waals surface area contributed by atoms with E-state index in [1.165, 1.54) is 5.56 Å². The average molecular weight is 330 g/mol. The predicted octanol–water partition coefficient (Wildman–Crippen LogP) is 6.20. The van der Waals surface area contributed by atoms with Gasteiger partial charge in [-0.1, -0.05) is 48.5 Å². The summed E-state index contributed by atoms with van der Waals surface area (Å²) in [4.78, 5) is 0. The van der Waals surface area contributed by atoms with Crippen LogP contribution in [0, 0.1) is 6.92 Å². The van der Waals surface area contributed by atoms with Gasteiger partial charge in [-0.3, -0.25) is 0 Å². The molecule has 0 aliphatic heterocycles. The molecule has 0 aliphatic carbocycles. The van der Waals surface area contributed by atoms with Crippen LogP contribution in [0.3, 0.4) is 0 Å². The zero-order chi connectivity index (χ0) is 17.8. The highest BCUT2D eigenvalue weighted by atomic mass is 16.5. The van der Waals surface area contributed by atoms with Crippen LogP contribution in [0.4, 0.5) is 0 Å². The average Bonchev–Trinajstić information content (AvgIpc) is 2.62. The van der Waals surface area contributed by atoms with Crippen molar-refractivity contribution in [2.45, 2.75) is 20.8 Å². The van der Waals surface area contributed by atoms with Crippen molar-refractivity contribution in [3.8, 4) is 22.6 Å². The maximum Gasteiger partial charge on any atom is 0.137 e. The third-order valence-corrected chi connectivity index (χ3v) is 4.10. The van der Waals surface area contributed by atoms with Crippen molar-refractivity contribution < 1.29 is 9.84 Å². The first kappa shape index (κ1) is 16.8. The summed E-state index contributed by atoms with van der Waals surface area (Å²) in [6.45, 7) is 6.00. The molecule has 2 heteroatoms. The summed E-state index contributed by atoms with van der Waals surface area (Å²) in [5, 5.41) is 10.2. The lowest BCUT2D eigenvalue weighted by Crippen LogP contribution is -1.99. The number of ether oxygens (including phenoxy) is 1. The van der Waals surface area contributed by atoms with E-state index in [1.54, 1.807) is 12.1 Å². The van der Waals surface area contributed by atoms with Gasteiger partial charge in [0.05, 0.1) is 5.56 Å². The van der Waals surface area contributed by atoms with E-state index in [0.29, 0.717) is 11.3 Å². The predicted molar refractivity (Wildman–Crippen MR) is 104 cm³/mol. The molecule has 0 radical (unpaired) electrons. The van der Waals surface area contributed by atoms with Crippen LogP contribution in [0.2, 0.25) is 0 Å². The molecular formula is C23H22O2. The lowest BCUT2D eigenvalue weighted by Gasteiger charge is -2.16. The number of hydrogen-bond acceptors (Lipinski definition) is 2. The molecule has 3 aromatic rings. The van der Waals surface area contributed by atoms with Crippen molar-refractivity contribution in [2.24, 2.45) is 0 Å². The smallest absolute Gasteiger partial charge is 0.137 e. The molecule has 3 rings (SSSR count). The summed E-state index contributed by atoms with van der Waals surface area (Å²) >= 11 is 0. The van der Waals surface area contributed by atoms with E-state index in [4.69, 9.17) is 4.74 Å². The minimum atomic E-state index is 0.220. The molecule has 0 bridgehead atoms. The van der Waals surface area contributed by atoms with Crippen LogP contribution in [0.5, 0.6) is 11.5 Å². The highest BCUT2D eigenvalue weighted by Crippen LogP contribution is 2.33. The highest BCUT2D eigenvalue weighted by molar-refractivity contribution is 5.71. The second kappa shape index (κ2) is 7.27. The van der Waals surface area contributed by atoms with Crippen molar-refractivity contribution in [1.82, 2.24) is 0 Å². The van der Waals surface area contributed by atoms with Crippen molar-refractivity contribution in [3.05, 3.63) is 89.5 Å². The van der Waals surface area contributed by atoms with Crippen LogP contribution in [-0.2, 0) is 0 Å². The molecule has 25 heavy (non-hydrogen) atoms. The van der Waals surface area contributed by atoms with E-state index in [9.17, 15) is 5.11 Å². The number of aryl methyl sites for hydroxylation is 1. The lowest BCUT2D eigenvalue weighted by molar-refractivity contribution is 0.460. The Hall–Kier alpha value is -3.00. The lowest BCUT2D eigenvalue weighted by atomic mass is 10.0. The summed E-state index contributed by atoms with van der Waals surface area (Å²) in [5.74, 6) is 1.70. The van der Waals surface area contributed by atoms with Gasteiger partial charge in [0.15, 0.2) is 0 Å². The Morgan fingerprint density at radius 2 is 1.48 bits per heavy atom. The molecule has 0 saturated heterocycles. The van der Waals surface area contributed by atoms with Crippen LogP contribution in [0.15, 0.2) is 78.4 Å². The summed E-state index contributed by atoms with van der Waals surface area (Å²) in [6.07, 6.45) is 0. The van der Waals surface area contributed by atoms with Crippen LogP contribution >= 0.6 is 0 Å². The monoisotopic (exact) mass is 330 g/mol. The Kier molecular flexibility index (Phi) is 4.90. The molecule has 126 valence electrons. The van der Waals surface area contributed by atoms with Crippen molar-refractivity contribution in [3.63, 3.8) is 0 Å². The molecule has 0 fully saturated rings. The zero-order valence-corrected chi connectivity index (χ0v) is 14.8. The SMILES string of the molecule is CC(C)=C(Oc1ccc(-c2ccccc2)cc1C)c1ccccc1O. The van der Waals surface area contributed by atoms with Gasteiger partial charge in [0, 0.05) is 0 Å². The van der Waals surface area contributed by atoms with Crippen LogP contribution in [0.25, 0.3) is 16.9 Å². The molecule has 0 amide bonds. The largest absolute Gasteiger partial charge is 0.507 e. The summed E-state index contributed by atoms with van der Waals surface area (Å²) in [6, 6.07) is 23.7. The van der Waals surface area contributed by atoms with Gasteiger partial charge in [0.1, 0.15) is 17.3 Å². The van der Waals surface area contributed by atoms with Crippen LogP contribution < -0.4 is 4.74 Å². The molecular weight excluding hydrogens is 308 g/mol. The molecule has 0 saturated carbocycles. The Morgan fingerprint density at radius 1 is 0.800 bits per heavy atom. The second-order valence-corrected chi connectivity index (χ2v) is 6.29. The van der Waals surface area contributed by atoms with Crippen LogP contribution in [0.1, 0.15) is 25.0 Å². The fraction of sp³-hybridized carbons (Fsp3) is 0.130. The molecule has 0 unspecified atom stereocenters. The van der Waals surface area contributed by atoms with Gasteiger partial charge in [0.2, 0.25) is 0 Å². The van der Waals surface area contributed by atoms with Gasteiger partial charge in [-0.25, -0.2) is 0 Å². The molecule has 0 aromatic heterocycles. The normalized spacial score (nSPS) is 10.4. The van der Waals surface area contributed by atoms with Gasteiger partial charge >= 0.3 is 0 Å². The Balaban J connectivity index is 1.94. The summed E-state index contributed by atoms with van der Waals surface area (Å²) in [7, 11) is 0. The van der Waals surface area contributed by atoms with E-state index in [1.807, 2.05) is 57.2 Å². The standard InChI is InChI=1S/C23H22O2/c1-16(2)23(20-11-7-8-12-21(20)24)25-22-14-13-19(15-17(22)3)18-9-5-4-6-10-18/h4-15,24H,1-3H3. The molecule has 1 N–H and O–H groups in total. The Labute approximate surface area is 149 Å². The first-order valence-electron chi connectivity index (χ1n) is 8.36. The number of hydrogen-bond donors (Lipinski definition) is 1. The van der Waals surface area contributed by atoms with Crippen molar-refractivity contribution in [2.75, 3.05) is 0 Å². The number of aromatic hydroxyl groups is 1. The first-order chi connectivity index (χ1) is 12.1. The molecule has 0 spiro atoms. The van der Waals surface area contributed by atoms with Gasteiger partial charge in [-0.15, -0.1) is 0 Å². The number of phenols is 1. The fourth-order valence-corrected chi connectivity index (χ4v) is 2.78. The van der Waals surface area contributed by atoms with Gasteiger partial charge in [0.25, 0.3) is 0 Å². The van der Waals surface area contributed by atoms with E-state index >= 15 is 0 Å². The van der Waals surface area contributed by atoms with Crippen molar-refractivity contribution >= 4 is 5.76 Å². The third-order valence-electron chi connectivity index (χ3n) is 4.10. The summed E-state index contributed by atoms with van der Waals surface area (Å²) < 4.78 is 6.18. The number of allylic oxidation sites excluding steroid dienone is 1. The first-order valence-corrected chi connectivity index (χ1v) is 8.36. The maximum atomic E-state index is 10.2. The van der Waals surface area contributed by atoms with Crippen LogP contribution in [-0.4, -0.2) is 5.11 Å². The number of para-hydroxylation sites is 1. The minimum absolute atomic E-state index is 0.220. The number of rotatable bonds is 4. The highest BCUT2D eigenvalue weighted by Gasteiger charge is 2.13. The third kappa shape index (κ3) is 3.74. The number of phenolic OH excluding ortho intramolecular Hbond substituents is 1. The zero-order valence-electron chi connectivity index (χ0n) is 14.8. The Morgan fingerprint density at radius 3 is 2.12 bits per heavy atom. The minimum Gasteiger partial charge on any atom is -0.507 e. The topological polar surface area (TPSA) is 29.5 Å². The molecule has 0 heterocycles. The second-order valence-electron chi connectivity index (χ2n) is 6.29. The maximum absolute atomic E-state index is 10.2. The van der Waals surface area contributed by atoms with Crippen molar-refractivity contribution in [1.29, 1.82) is 0 Å². The molecule has 0 atom stereocenters.